The van der Waals surface area contributed by atoms with Crippen LogP contribution in [0.25, 0.3) is 28.0 Å². The maximum absolute atomic E-state index is 13.6. The topological polar surface area (TPSA) is 88.9 Å². The first-order valence-corrected chi connectivity index (χ1v) is 9.23. The van der Waals surface area contributed by atoms with Crippen molar-refractivity contribution in [2.45, 2.75) is 0 Å². The predicted octanol–water partition coefficient (Wildman–Crippen LogP) is 2.42. The maximum Gasteiger partial charge on any atom is 0.254 e. The lowest BCUT2D eigenvalue weighted by Crippen LogP contribution is -2.40. The third-order valence-electron chi connectivity index (χ3n) is 4.94. The van der Waals surface area contributed by atoms with Gasteiger partial charge in [-0.3, -0.25) is 9.89 Å². The highest BCUT2D eigenvalue weighted by atomic mass is 19.1. The molecular formula is C20H17FN6O2. The summed E-state index contributed by atoms with van der Waals surface area (Å²) in [7, 11) is 0. The van der Waals surface area contributed by atoms with Gasteiger partial charge in [0, 0.05) is 24.0 Å². The Kier molecular flexibility index (Phi) is 4.28. The molecule has 0 aliphatic carbocycles. The van der Waals surface area contributed by atoms with Gasteiger partial charge in [-0.05, 0) is 42.5 Å². The van der Waals surface area contributed by atoms with E-state index in [1.54, 1.807) is 34.0 Å². The molecule has 0 unspecified atom stereocenters. The number of hydrogen-bond acceptors (Lipinski definition) is 5. The van der Waals surface area contributed by atoms with Crippen molar-refractivity contribution in [1.29, 1.82) is 0 Å². The fraction of sp³-hybridized carbons (Fsp3) is 0.200. The summed E-state index contributed by atoms with van der Waals surface area (Å²) >= 11 is 0. The van der Waals surface area contributed by atoms with Crippen molar-refractivity contribution in [3.63, 3.8) is 0 Å². The molecule has 4 aromatic rings. The molecule has 0 atom stereocenters. The van der Waals surface area contributed by atoms with Gasteiger partial charge in [-0.1, -0.05) is 5.21 Å². The third-order valence-corrected chi connectivity index (χ3v) is 4.94. The highest BCUT2D eigenvalue weighted by molar-refractivity contribution is 5.94. The van der Waals surface area contributed by atoms with Gasteiger partial charge >= 0.3 is 0 Å². The van der Waals surface area contributed by atoms with E-state index in [2.05, 4.69) is 20.5 Å². The Labute approximate surface area is 164 Å². The number of ether oxygens (including phenoxy) is 1. The summed E-state index contributed by atoms with van der Waals surface area (Å²) in [5.41, 5.74) is 3.15. The fourth-order valence-corrected chi connectivity index (χ4v) is 3.39. The van der Waals surface area contributed by atoms with Crippen LogP contribution in [0, 0.1) is 5.82 Å². The molecule has 9 heteroatoms. The van der Waals surface area contributed by atoms with E-state index in [0.717, 1.165) is 11.2 Å². The average molecular weight is 392 g/mol. The van der Waals surface area contributed by atoms with Gasteiger partial charge in [-0.15, -0.1) is 5.10 Å². The van der Waals surface area contributed by atoms with Gasteiger partial charge in [-0.25, -0.2) is 9.07 Å². The molecule has 0 radical (unpaired) electrons. The Morgan fingerprint density at radius 1 is 1.10 bits per heavy atom. The molecule has 0 bridgehead atoms. The zero-order chi connectivity index (χ0) is 19.8. The SMILES string of the molecule is O=C(c1ccc(-n2cc(-c3n[nH]c4ccc(F)cc34)nn2)cc1)N1CCOCC1. The van der Waals surface area contributed by atoms with Gasteiger partial charge in [-0.2, -0.15) is 5.10 Å². The summed E-state index contributed by atoms with van der Waals surface area (Å²) in [4.78, 5) is 14.3. The summed E-state index contributed by atoms with van der Waals surface area (Å²) < 4.78 is 20.5. The van der Waals surface area contributed by atoms with Crippen molar-refractivity contribution < 1.29 is 13.9 Å². The summed E-state index contributed by atoms with van der Waals surface area (Å²) in [6, 6.07) is 11.6. The van der Waals surface area contributed by atoms with Gasteiger partial charge in [0.25, 0.3) is 5.91 Å². The van der Waals surface area contributed by atoms with Crippen LogP contribution in [0.5, 0.6) is 0 Å². The summed E-state index contributed by atoms with van der Waals surface area (Å²) in [6.45, 7) is 2.34. The van der Waals surface area contributed by atoms with Crippen LogP contribution in [0.1, 0.15) is 10.4 Å². The summed E-state index contributed by atoms with van der Waals surface area (Å²) in [6.07, 6.45) is 1.72. The third kappa shape index (κ3) is 3.25. The van der Waals surface area contributed by atoms with E-state index in [4.69, 9.17) is 4.74 Å². The molecule has 5 rings (SSSR count). The number of aromatic amines is 1. The molecule has 0 saturated carbocycles. The van der Waals surface area contributed by atoms with Crippen molar-refractivity contribution in [2.75, 3.05) is 26.3 Å². The zero-order valence-corrected chi connectivity index (χ0v) is 15.4. The molecule has 2 aromatic heterocycles. The quantitative estimate of drug-likeness (QED) is 0.578. The number of rotatable bonds is 3. The Hall–Kier alpha value is -3.59. The number of morpholine rings is 1. The number of carbonyl (C=O) groups excluding carboxylic acids is 1. The van der Waals surface area contributed by atoms with E-state index in [1.807, 2.05) is 12.1 Å². The van der Waals surface area contributed by atoms with Gasteiger partial charge in [0.05, 0.1) is 30.6 Å². The Morgan fingerprint density at radius 2 is 1.90 bits per heavy atom. The minimum absolute atomic E-state index is 0.0100. The zero-order valence-electron chi connectivity index (χ0n) is 15.4. The van der Waals surface area contributed by atoms with Crippen molar-refractivity contribution >= 4 is 16.8 Å². The predicted molar refractivity (Wildman–Crippen MR) is 103 cm³/mol. The molecule has 29 heavy (non-hydrogen) atoms. The van der Waals surface area contributed by atoms with E-state index in [9.17, 15) is 9.18 Å². The molecule has 1 amide bonds. The first kappa shape index (κ1) is 17.5. The van der Waals surface area contributed by atoms with Crippen LogP contribution in [0.2, 0.25) is 0 Å². The highest BCUT2D eigenvalue weighted by Gasteiger charge is 2.19. The lowest BCUT2D eigenvalue weighted by Gasteiger charge is -2.26. The van der Waals surface area contributed by atoms with Gasteiger partial charge in [0.2, 0.25) is 0 Å². The number of aromatic nitrogens is 5. The first-order valence-electron chi connectivity index (χ1n) is 9.23. The second-order valence-corrected chi connectivity index (χ2v) is 6.76. The monoisotopic (exact) mass is 392 g/mol. The Balaban J connectivity index is 1.40. The molecule has 1 saturated heterocycles. The average Bonchev–Trinajstić information content (AvgIpc) is 3.41. The van der Waals surface area contributed by atoms with E-state index < -0.39 is 0 Å². The number of carbonyl (C=O) groups is 1. The molecule has 3 heterocycles. The van der Waals surface area contributed by atoms with E-state index in [-0.39, 0.29) is 11.7 Å². The molecule has 1 fully saturated rings. The smallest absolute Gasteiger partial charge is 0.254 e. The first-order chi connectivity index (χ1) is 14.2. The minimum Gasteiger partial charge on any atom is -0.378 e. The molecule has 146 valence electrons. The van der Waals surface area contributed by atoms with Gasteiger partial charge in [0.15, 0.2) is 0 Å². The lowest BCUT2D eigenvalue weighted by atomic mass is 10.1. The Bertz CT molecular complexity index is 1180. The number of nitrogens with one attached hydrogen (secondary N) is 1. The number of benzene rings is 2. The maximum atomic E-state index is 13.6. The molecular weight excluding hydrogens is 375 g/mol. The lowest BCUT2D eigenvalue weighted by molar-refractivity contribution is 0.0303. The number of amides is 1. The van der Waals surface area contributed by atoms with Crippen LogP contribution >= 0.6 is 0 Å². The van der Waals surface area contributed by atoms with Crippen LogP contribution in [0.15, 0.2) is 48.7 Å². The standard InChI is InChI=1S/C20H17FN6O2/c21-14-3-6-17-16(11-14)19(24-22-17)18-12-27(25-23-18)15-4-1-13(2-5-15)20(28)26-7-9-29-10-8-26/h1-6,11-12H,7-10H2,(H,22,24). The van der Waals surface area contributed by atoms with Crippen LogP contribution in [0.3, 0.4) is 0 Å². The van der Waals surface area contributed by atoms with Crippen molar-refractivity contribution in [1.82, 2.24) is 30.1 Å². The van der Waals surface area contributed by atoms with Crippen molar-refractivity contribution in [3.8, 4) is 17.1 Å². The summed E-state index contributed by atoms with van der Waals surface area (Å²) in [5.74, 6) is -0.350. The number of halogens is 1. The number of fused-ring (bicyclic) bond motifs is 1. The number of H-pyrrole nitrogens is 1. The molecule has 1 aliphatic rings. The van der Waals surface area contributed by atoms with Crippen LogP contribution < -0.4 is 0 Å². The molecule has 1 aliphatic heterocycles. The second kappa shape index (κ2) is 7.10. The molecule has 8 nitrogen and oxygen atoms in total. The van der Waals surface area contributed by atoms with Gasteiger partial charge < -0.3 is 9.64 Å². The number of hydrogen-bond donors (Lipinski definition) is 1. The van der Waals surface area contributed by atoms with Crippen LogP contribution in [-0.4, -0.2) is 62.3 Å². The molecule has 2 aromatic carbocycles. The second-order valence-electron chi connectivity index (χ2n) is 6.76. The normalized spacial score (nSPS) is 14.4. The Morgan fingerprint density at radius 3 is 2.69 bits per heavy atom. The largest absolute Gasteiger partial charge is 0.378 e. The van der Waals surface area contributed by atoms with Crippen LogP contribution in [0.4, 0.5) is 4.39 Å². The molecule has 0 spiro atoms. The van der Waals surface area contributed by atoms with E-state index in [1.165, 1.54) is 12.1 Å². The van der Waals surface area contributed by atoms with Crippen LogP contribution in [-0.2, 0) is 4.74 Å². The number of nitrogens with zero attached hydrogens (tertiary/aromatic N) is 5. The van der Waals surface area contributed by atoms with Crippen molar-refractivity contribution in [3.05, 3.63) is 60.0 Å². The fourth-order valence-electron chi connectivity index (χ4n) is 3.39. The van der Waals surface area contributed by atoms with E-state index in [0.29, 0.717) is 48.6 Å². The van der Waals surface area contributed by atoms with Gasteiger partial charge in [0.1, 0.15) is 17.2 Å². The van der Waals surface area contributed by atoms with E-state index >= 15 is 0 Å². The highest BCUT2D eigenvalue weighted by Crippen LogP contribution is 2.25. The minimum atomic E-state index is -0.340. The molecule has 1 N–H and O–H groups in total. The summed E-state index contributed by atoms with van der Waals surface area (Å²) in [5, 5.41) is 16.1. The van der Waals surface area contributed by atoms with Crippen molar-refractivity contribution in [2.24, 2.45) is 0 Å².